The molecule has 0 bridgehead atoms. The molecule has 0 radical (unpaired) electrons. The lowest BCUT2D eigenvalue weighted by atomic mass is 10.1. The van der Waals surface area contributed by atoms with Crippen LogP contribution >= 0.6 is 15.9 Å². The van der Waals surface area contributed by atoms with E-state index in [0.29, 0.717) is 35.4 Å². The number of nitro groups is 1. The monoisotopic (exact) mass is 514 g/mol. The molecular formula is C25H27BrN2O5. The number of halogens is 1. The SMILES string of the molecule is O=[N+]([O-])CC(O)c1cccc(OC[C@H](O)CN(Cc2ccccc2)Cc2ccccc2)c1Br. The van der Waals surface area contributed by atoms with Crippen LogP contribution in [0.25, 0.3) is 0 Å². The second-order valence-corrected chi connectivity index (χ2v) is 8.59. The summed E-state index contributed by atoms with van der Waals surface area (Å²) in [7, 11) is 0. The second-order valence-electron chi connectivity index (χ2n) is 7.80. The fourth-order valence-corrected chi connectivity index (χ4v) is 4.18. The van der Waals surface area contributed by atoms with Crippen LogP contribution in [0.2, 0.25) is 0 Å². The summed E-state index contributed by atoms with van der Waals surface area (Å²) in [6.45, 7) is 1.19. The van der Waals surface area contributed by atoms with Gasteiger partial charge in [0.1, 0.15) is 24.6 Å². The van der Waals surface area contributed by atoms with E-state index >= 15 is 0 Å². The van der Waals surface area contributed by atoms with E-state index in [1.165, 1.54) is 0 Å². The van der Waals surface area contributed by atoms with Crippen LogP contribution in [0, 0.1) is 10.1 Å². The molecule has 0 aliphatic carbocycles. The van der Waals surface area contributed by atoms with E-state index in [1.54, 1.807) is 18.2 Å². The van der Waals surface area contributed by atoms with Gasteiger partial charge in [-0.25, -0.2) is 0 Å². The minimum absolute atomic E-state index is 0.0352. The molecule has 0 saturated heterocycles. The van der Waals surface area contributed by atoms with Crippen LogP contribution < -0.4 is 4.74 Å². The first kappa shape index (κ1) is 24.9. The molecule has 1 unspecified atom stereocenters. The molecule has 3 rings (SSSR count). The Hall–Kier alpha value is -2.78. The average Bonchev–Trinajstić information content (AvgIpc) is 2.79. The van der Waals surface area contributed by atoms with Crippen LogP contribution in [0.1, 0.15) is 22.8 Å². The van der Waals surface area contributed by atoms with Crippen molar-refractivity contribution in [3.63, 3.8) is 0 Å². The largest absolute Gasteiger partial charge is 0.490 e. The molecule has 174 valence electrons. The quantitative estimate of drug-likeness (QED) is 0.277. The maximum absolute atomic E-state index is 10.7. The maximum atomic E-state index is 10.7. The molecule has 0 saturated carbocycles. The van der Waals surface area contributed by atoms with Crippen molar-refractivity contribution in [1.82, 2.24) is 4.90 Å². The van der Waals surface area contributed by atoms with Crippen molar-refractivity contribution in [3.8, 4) is 5.75 Å². The Bertz CT molecular complexity index is 978. The van der Waals surface area contributed by atoms with Gasteiger partial charge in [-0.3, -0.25) is 15.0 Å². The van der Waals surface area contributed by atoms with Crippen LogP contribution in [0.5, 0.6) is 5.75 Å². The number of aliphatic hydroxyl groups is 2. The molecule has 3 aromatic rings. The summed E-state index contributed by atoms with van der Waals surface area (Å²) in [4.78, 5) is 12.3. The van der Waals surface area contributed by atoms with Crippen molar-refractivity contribution in [2.24, 2.45) is 0 Å². The second kappa shape index (κ2) is 12.5. The van der Waals surface area contributed by atoms with Crippen molar-refractivity contribution in [2.75, 3.05) is 19.7 Å². The molecule has 0 amide bonds. The Kier molecular flexibility index (Phi) is 9.38. The first-order valence-corrected chi connectivity index (χ1v) is 11.4. The van der Waals surface area contributed by atoms with E-state index in [4.69, 9.17) is 4.74 Å². The smallest absolute Gasteiger partial charge is 0.233 e. The van der Waals surface area contributed by atoms with Gasteiger partial charge in [-0.15, -0.1) is 0 Å². The van der Waals surface area contributed by atoms with Crippen LogP contribution in [0.3, 0.4) is 0 Å². The zero-order valence-electron chi connectivity index (χ0n) is 18.1. The zero-order valence-corrected chi connectivity index (χ0v) is 19.7. The third kappa shape index (κ3) is 7.94. The summed E-state index contributed by atoms with van der Waals surface area (Å²) < 4.78 is 6.23. The van der Waals surface area contributed by atoms with Gasteiger partial charge in [0.2, 0.25) is 6.54 Å². The van der Waals surface area contributed by atoms with Crippen molar-refractivity contribution in [1.29, 1.82) is 0 Å². The van der Waals surface area contributed by atoms with Crippen molar-refractivity contribution in [3.05, 3.63) is 110 Å². The molecule has 7 nitrogen and oxygen atoms in total. The lowest BCUT2D eigenvalue weighted by molar-refractivity contribution is -0.491. The molecule has 8 heteroatoms. The molecule has 3 aromatic carbocycles. The van der Waals surface area contributed by atoms with Crippen LogP contribution in [-0.4, -0.2) is 45.8 Å². The van der Waals surface area contributed by atoms with E-state index in [9.17, 15) is 20.3 Å². The lowest BCUT2D eigenvalue weighted by Crippen LogP contribution is -2.35. The van der Waals surface area contributed by atoms with Crippen molar-refractivity contribution < 1.29 is 19.9 Å². The highest BCUT2D eigenvalue weighted by Gasteiger charge is 2.20. The predicted molar refractivity (Wildman–Crippen MR) is 129 cm³/mol. The molecule has 0 aromatic heterocycles. The predicted octanol–water partition coefficient (Wildman–Crippen LogP) is 4.20. The summed E-state index contributed by atoms with van der Waals surface area (Å²) in [6, 6.07) is 25.1. The van der Waals surface area contributed by atoms with Crippen LogP contribution in [0.15, 0.2) is 83.3 Å². The van der Waals surface area contributed by atoms with E-state index in [2.05, 4.69) is 45.1 Å². The number of ether oxygens (including phenoxy) is 1. The van der Waals surface area contributed by atoms with Crippen LogP contribution in [0.4, 0.5) is 0 Å². The molecular weight excluding hydrogens is 488 g/mol. The Labute approximate surface area is 201 Å². The van der Waals surface area contributed by atoms with E-state index < -0.39 is 23.7 Å². The molecule has 0 aliphatic heterocycles. The first-order valence-electron chi connectivity index (χ1n) is 10.6. The summed E-state index contributed by atoms with van der Waals surface area (Å²) in [5, 5.41) is 31.5. The Balaban J connectivity index is 1.64. The topological polar surface area (TPSA) is 96.1 Å². The maximum Gasteiger partial charge on any atom is 0.233 e. The minimum Gasteiger partial charge on any atom is -0.490 e. The summed E-state index contributed by atoms with van der Waals surface area (Å²) in [5.74, 6) is 0.409. The van der Waals surface area contributed by atoms with Gasteiger partial charge >= 0.3 is 0 Å². The summed E-state index contributed by atoms with van der Waals surface area (Å²) in [5.41, 5.74) is 2.67. The van der Waals surface area contributed by atoms with Gasteiger partial charge in [0.05, 0.1) is 4.47 Å². The van der Waals surface area contributed by atoms with Gasteiger partial charge in [-0.05, 0) is 33.1 Å². The highest BCUT2D eigenvalue weighted by atomic mass is 79.9. The summed E-state index contributed by atoms with van der Waals surface area (Å²) >= 11 is 3.36. The first-order chi connectivity index (χ1) is 15.9. The van der Waals surface area contributed by atoms with Crippen molar-refractivity contribution in [2.45, 2.75) is 25.3 Å². The average molecular weight is 515 g/mol. The van der Waals surface area contributed by atoms with E-state index in [1.807, 2.05) is 36.4 Å². The number of benzene rings is 3. The lowest BCUT2D eigenvalue weighted by Gasteiger charge is -2.25. The van der Waals surface area contributed by atoms with Gasteiger partial charge in [0.15, 0.2) is 0 Å². The van der Waals surface area contributed by atoms with Gasteiger partial charge in [0.25, 0.3) is 0 Å². The number of rotatable bonds is 12. The molecule has 0 spiro atoms. The standard InChI is InChI=1S/C25H27BrN2O5/c26-25-22(23(30)17-28(31)32)12-7-13-24(25)33-18-21(29)16-27(14-19-8-3-1-4-9-19)15-20-10-5-2-6-11-20/h1-13,21,23,29-30H,14-18H2/t21-,23?/m1/s1. The fraction of sp³-hybridized carbons (Fsp3) is 0.280. The molecule has 2 N–H and O–H groups in total. The molecule has 0 heterocycles. The van der Waals surface area contributed by atoms with E-state index in [0.717, 1.165) is 11.1 Å². The van der Waals surface area contributed by atoms with Gasteiger partial charge in [-0.1, -0.05) is 72.8 Å². The molecule has 0 aliphatic rings. The molecule has 33 heavy (non-hydrogen) atoms. The minimum atomic E-state index is -1.25. The number of aliphatic hydroxyl groups excluding tert-OH is 2. The highest BCUT2D eigenvalue weighted by molar-refractivity contribution is 9.10. The number of hydrogen-bond acceptors (Lipinski definition) is 6. The Morgan fingerprint density at radius 1 is 0.909 bits per heavy atom. The molecule has 2 atom stereocenters. The van der Waals surface area contributed by atoms with Crippen LogP contribution in [-0.2, 0) is 13.1 Å². The third-order valence-corrected chi connectivity index (χ3v) is 5.92. The zero-order chi connectivity index (χ0) is 23.6. The highest BCUT2D eigenvalue weighted by Crippen LogP contribution is 2.32. The number of nitrogens with zero attached hydrogens (tertiary/aromatic N) is 2. The molecule has 0 fully saturated rings. The number of hydrogen-bond donors (Lipinski definition) is 2. The Morgan fingerprint density at radius 3 is 2.03 bits per heavy atom. The van der Waals surface area contributed by atoms with E-state index in [-0.39, 0.29) is 6.61 Å². The Morgan fingerprint density at radius 2 is 1.48 bits per heavy atom. The van der Waals surface area contributed by atoms with Gasteiger partial charge in [0, 0.05) is 30.1 Å². The summed E-state index contributed by atoms with van der Waals surface area (Å²) in [6.07, 6.45) is -2.02. The fourth-order valence-electron chi connectivity index (χ4n) is 3.54. The third-order valence-electron chi connectivity index (χ3n) is 5.07. The van der Waals surface area contributed by atoms with Gasteiger partial charge in [-0.2, -0.15) is 0 Å². The van der Waals surface area contributed by atoms with Gasteiger partial charge < -0.3 is 14.9 Å². The normalized spacial score (nSPS) is 13.0. The van der Waals surface area contributed by atoms with Crippen molar-refractivity contribution >= 4 is 15.9 Å².